The fourth-order valence-electron chi connectivity index (χ4n) is 2.16. The Labute approximate surface area is 130 Å². The summed E-state index contributed by atoms with van der Waals surface area (Å²) in [6.07, 6.45) is 0. The number of rotatable bonds is 3. The molecule has 0 fully saturated rings. The molecule has 0 saturated heterocycles. The number of nitrogens with two attached hydrogens (primary N) is 1. The Morgan fingerprint density at radius 2 is 1.76 bits per heavy atom. The first-order valence-electron chi connectivity index (χ1n) is 6.34. The SMILES string of the molecule is Cc1ccc(N(C)S(=O)(=O)c2ccc(N)cc2Cl)c(C)c1. The van der Waals surface area contributed by atoms with Crippen molar-refractivity contribution in [1.82, 2.24) is 0 Å². The van der Waals surface area contributed by atoms with Gasteiger partial charge in [0.15, 0.2) is 0 Å². The van der Waals surface area contributed by atoms with Crippen LogP contribution in [0.1, 0.15) is 11.1 Å². The van der Waals surface area contributed by atoms with Crippen LogP contribution in [0.5, 0.6) is 0 Å². The molecule has 2 aromatic rings. The zero-order valence-corrected chi connectivity index (χ0v) is 13.7. The van der Waals surface area contributed by atoms with E-state index in [9.17, 15) is 8.42 Å². The average Bonchev–Trinajstić information content (AvgIpc) is 2.37. The minimum atomic E-state index is -3.73. The van der Waals surface area contributed by atoms with Crippen LogP contribution in [0.15, 0.2) is 41.3 Å². The van der Waals surface area contributed by atoms with Gasteiger partial charge < -0.3 is 5.73 Å². The highest BCUT2D eigenvalue weighted by atomic mass is 35.5. The van der Waals surface area contributed by atoms with E-state index in [2.05, 4.69) is 0 Å². The van der Waals surface area contributed by atoms with Crippen molar-refractivity contribution in [3.63, 3.8) is 0 Å². The van der Waals surface area contributed by atoms with Crippen LogP contribution < -0.4 is 10.0 Å². The second kappa shape index (κ2) is 5.58. The van der Waals surface area contributed by atoms with Crippen LogP contribution in [-0.4, -0.2) is 15.5 Å². The first-order chi connectivity index (χ1) is 9.73. The third kappa shape index (κ3) is 2.99. The van der Waals surface area contributed by atoms with Crippen LogP contribution in [0.25, 0.3) is 0 Å². The van der Waals surface area contributed by atoms with Gasteiger partial charge in [-0.3, -0.25) is 4.31 Å². The Hall–Kier alpha value is -1.72. The number of anilines is 2. The highest BCUT2D eigenvalue weighted by molar-refractivity contribution is 7.93. The first-order valence-corrected chi connectivity index (χ1v) is 8.16. The lowest BCUT2D eigenvalue weighted by Crippen LogP contribution is -2.27. The van der Waals surface area contributed by atoms with E-state index in [4.69, 9.17) is 17.3 Å². The Morgan fingerprint density at radius 1 is 1.10 bits per heavy atom. The van der Waals surface area contributed by atoms with Crippen molar-refractivity contribution in [2.24, 2.45) is 0 Å². The van der Waals surface area contributed by atoms with E-state index in [-0.39, 0.29) is 9.92 Å². The lowest BCUT2D eigenvalue weighted by atomic mass is 10.1. The van der Waals surface area contributed by atoms with Gasteiger partial charge in [-0.15, -0.1) is 0 Å². The third-order valence-corrected chi connectivity index (χ3v) is 5.54. The Kier molecular flexibility index (Phi) is 4.16. The molecule has 0 aromatic heterocycles. The summed E-state index contributed by atoms with van der Waals surface area (Å²) in [5, 5.41) is 0.117. The monoisotopic (exact) mass is 324 g/mol. The van der Waals surface area contributed by atoms with Gasteiger partial charge in [0.25, 0.3) is 10.0 Å². The van der Waals surface area contributed by atoms with E-state index in [0.29, 0.717) is 11.4 Å². The lowest BCUT2D eigenvalue weighted by molar-refractivity contribution is 0.594. The Balaban J connectivity index is 2.52. The van der Waals surface area contributed by atoms with Gasteiger partial charge in [0, 0.05) is 12.7 Å². The van der Waals surface area contributed by atoms with Crippen LogP contribution in [0.3, 0.4) is 0 Å². The van der Waals surface area contributed by atoms with Gasteiger partial charge in [-0.2, -0.15) is 0 Å². The number of aryl methyl sites for hydroxylation is 2. The molecule has 0 saturated carbocycles. The van der Waals surface area contributed by atoms with E-state index in [1.165, 1.54) is 29.6 Å². The predicted octanol–water partition coefficient (Wildman–Crippen LogP) is 3.36. The van der Waals surface area contributed by atoms with Crippen molar-refractivity contribution in [2.75, 3.05) is 17.1 Å². The number of hydrogen-bond acceptors (Lipinski definition) is 3. The summed E-state index contributed by atoms with van der Waals surface area (Å²) >= 11 is 6.02. The zero-order valence-electron chi connectivity index (χ0n) is 12.1. The molecule has 0 aliphatic heterocycles. The summed E-state index contributed by atoms with van der Waals surface area (Å²) in [6, 6.07) is 9.98. The van der Waals surface area contributed by atoms with Crippen LogP contribution >= 0.6 is 11.6 Å². The number of sulfonamides is 1. The fourth-order valence-corrected chi connectivity index (χ4v) is 3.95. The second-order valence-electron chi connectivity index (χ2n) is 4.95. The molecule has 6 heteroatoms. The minimum absolute atomic E-state index is 0.0424. The minimum Gasteiger partial charge on any atom is -0.399 e. The molecule has 0 aliphatic carbocycles. The summed E-state index contributed by atoms with van der Waals surface area (Å²) in [6.45, 7) is 3.83. The number of hydrogen-bond donors (Lipinski definition) is 1. The summed E-state index contributed by atoms with van der Waals surface area (Å²) < 4.78 is 26.6. The van der Waals surface area contributed by atoms with E-state index < -0.39 is 10.0 Å². The van der Waals surface area contributed by atoms with Gasteiger partial charge in [-0.05, 0) is 43.7 Å². The Bertz CT molecular complexity index is 788. The van der Waals surface area contributed by atoms with Gasteiger partial charge in [-0.25, -0.2) is 8.42 Å². The summed E-state index contributed by atoms with van der Waals surface area (Å²) in [7, 11) is -2.22. The van der Waals surface area contributed by atoms with Crippen molar-refractivity contribution in [3.8, 4) is 0 Å². The molecule has 0 atom stereocenters. The average molecular weight is 325 g/mol. The van der Waals surface area contributed by atoms with Crippen molar-refractivity contribution in [1.29, 1.82) is 0 Å². The third-order valence-electron chi connectivity index (χ3n) is 3.29. The summed E-state index contributed by atoms with van der Waals surface area (Å²) in [4.78, 5) is 0.0424. The molecule has 2 rings (SSSR count). The van der Waals surface area contributed by atoms with Crippen LogP contribution in [0, 0.1) is 13.8 Å². The van der Waals surface area contributed by atoms with Crippen molar-refractivity contribution >= 4 is 33.0 Å². The molecule has 0 spiro atoms. The molecule has 0 amide bonds. The predicted molar refractivity (Wildman–Crippen MR) is 87.4 cm³/mol. The smallest absolute Gasteiger partial charge is 0.265 e. The molecule has 0 radical (unpaired) electrons. The highest BCUT2D eigenvalue weighted by Gasteiger charge is 2.25. The lowest BCUT2D eigenvalue weighted by Gasteiger charge is -2.22. The molecular weight excluding hydrogens is 308 g/mol. The number of halogens is 1. The van der Waals surface area contributed by atoms with E-state index in [1.54, 1.807) is 6.07 Å². The number of benzene rings is 2. The highest BCUT2D eigenvalue weighted by Crippen LogP contribution is 2.30. The standard InChI is InChI=1S/C15H17ClN2O2S/c1-10-4-6-14(11(2)8-10)18(3)21(19,20)15-7-5-12(17)9-13(15)16/h4-9H,17H2,1-3H3. The maximum absolute atomic E-state index is 12.7. The molecule has 2 N–H and O–H groups in total. The summed E-state index contributed by atoms with van der Waals surface area (Å²) in [5.74, 6) is 0. The van der Waals surface area contributed by atoms with Gasteiger partial charge in [0.2, 0.25) is 0 Å². The molecule has 21 heavy (non-hydrogen) atoms. The van der Waals surface area contributed by atoms with Crippen molar-refractivity contribution in [2.45, 2.75) is 18.7 Å². The molecular formula is C15H17ClN2O2S. The largest absolute Gasteiger partial charge is 0.399 e. The van der Waals surface area contributed by atoms with Gasteiger partial charge >= 0.3 is 0 Å². The Morgan fingerprint density at radius 3 is 2.33 bits per heavy atom. The molecule has 0 bridgehead atoms. The van der Waals surface area contributed by atoms with E-state index in [0.717, 1.165) is 11.1 Å². The quantitative estimate of drug-likeness (QED) is 0.880. The summed E-state index contributed by atoms with van der Waals surface area (Å²) in [5.41, 5.74) is 8.61. The molecule has 112 valence electrons. The second-order valence-corrected chi connectivity index (χ2v) is 7.30. The molecule has 0 aliphatic rings. The van der Waals surface area contributed by atoms with Crippen molar-refractivity contribution < 1.29 is 8.42 Å². The van der Waals surface area contributed by atoms with E-state index in [1.807, 2.05) is 26.0 Å². The molecule has 0 heterocycles. The van der Waals surface area contributed by atoms with Gasteiger partial charge in [0.05, 0.1) is 10.7 Å². The first kappa shape index (κ1) is 15.7. The maximum Gasteiger partial charge on any atom is 0.265 e. The van der Waals surface area contributed by atoms with E-state index >= 15 is 0 Å². The maximum atomic E-state index is 12.7. The number of nitrogens with zero attached hydrogens (tertiary/aromatic N) is 1. The topological polar surface area (TPSA) is 63.4 Å². The number of nitrogen functional groups attached to an aromatic ring is 1. The molecule has 0 unspecified atom stereocenters. The van der Waals surface area contributed by atoms with Gasteiger partial charge in [-0.1, -0.05) is 29.3 Å². The molecule has 4 nitrogen and oxygen atoms in total. The van der Waals surface area contributed by atoms with Crippen LogP contribution in [0.4, 0.5) is 11.4 Å². The van der Waals surface area contributed by atoms with Gasteiger partial charge in [0.1, 0.15) is 4.90 Å². The normalized spacial score (nSPS) is 11.4. The zero-order chi connectivity index (χ0) is 15.8. The molecule has 2 aromatic carbocycles. The fraction of sp³-hybridized carbons (Fsp3) is 0.200. The van der Waals surface area contributed by atoms with Crippen molar-refractivity contribution in [3.05, 3.63) is 52.5 Å². The van der Waals surface area contributed by atoms with Crippen LogP contribution in [-0.2, 0) is 10.0 Å². The van der Waals surface area contributed by atoms with Crippen LogP contribution in [0.2, 0.25) is 5.02 Å².